The zero-order chi connectivity index (χ0) is 20.1. The smallest absolute Gasteiger partial charge is 0.261 e. The van der Waals surface area contributed by atoms with Crippen molar-refractivity contribution in [1.82, 2.24) is 5.32 Å². The SMILES string of the molecule is C[C@H](Oc1cccc2ccccc12)C(=O)NCc1ccc(N2CCOCC2)cc1. The van der Waals surface area contributed by atoms with E-state index in [2.05, 4.69) is 34.5 Å². The Morgan fingerprint density at radius 2 is 1.76 bits per heavy atom. The van der Waals surface area contributed by atoms with Crippen LogP contribution in [0.5, 0.6) is 5.75 Å². The molecule has 1 amide bonds. The monoisotopic (exact) mass is 390 g/mol. The fourth-order valence-corrected chi connectivity index (χ4v) is 3.52. The van der Waals surface area contributed by atoms with Gasteiger partial charge in [-0.3, -0.25) is 4.79 Å². The zero-order valence-electron chi connectivity index (χ0n) is 16.6. The molecule has 0 aromatic heterocycles. The van der Waals surface area contributed by atoms with Crippen molar-refractivity contribution in [2.45, 2.75) is 19.6 Å². The molecule has 5 heteroatoms. The first kappa shape index (κ1) is 19.3. The molecule has 1 fully saturated rings. The molecule has 0 aliphatic carbocycles. The summed E-state index contributed by atoms with van der Waals surface area (Å²) >= 11 is 0. The van der Waals surface area contributed by atoms with Gasteiger partial charge in [-0.25, -0.2) is 0 Å². The minimum Gasteiger partial charge on any atom is -0.480 e. The van der Waals surface area contributed by atoms with Gasteiger partial charge in [0.1, 0.15) is 5.75 Å². The lowest BCUT2D eigenvalue weighted by atomic mass is 10.1. The van der Waals surface area contributed by atoms with Crippen LogP contribution in [0.3, 0.4) is 0 Å². The summed E-state index contributed by atoms with van der Waals surface area (Å²) in [7, 11) is 0. The van der Waals surface area contributed by atoms with Crippen LogP contribution in [0.1, 0.15) is 12.5 Å². The minimum absolute atomic E-state index is 0.129. The second-order valence-corrected chi connectivity index (χ2v) is 7.22. The van der Waals surface area contributed by atoms with E-state index < -0.39 is 6.10 Å². The number of hydrogen-bond donors (Lipinski definition) is 1. The molecule has 0 spiro atoms. The number of rotatable bonds is 6. The second-order valence-electron chi connectivity index (χ2n) is 7.22. The lowest BCUT2D eigenvalue weighted by Crippen LogP contribution is -2.36. The highest BCUT2D eigenvalue weighted by Crippen LogP contribution is 2.26. The van der Waals surface area contributed by atoms with Crippen molar-refractivity contribution in [2.24, 2.45) is 0 Å². The fraction of sp³-hybridized carbons (Fsp3) is 0.292. The quantitative estimate of drug-likeness (QED) is 0.696. The maximum Gasteiger partial charge on any atom is 0.261 e. The Kier molecular flexibility index (Phi) is 5.96. The molecule has 29 heavy (non-hydrogen) atoms. The van der Waals surface area contributed by atoms with Crippen molar-refractivity contribution in [3.8, 4) is 5.75 Å². The Bertz CT molecular complexity index is 960. The topological polar surface area (TPSA) is 50.8 Å². The summed E-state index contributed by atoms with van der Waals surface area (Å²) in [5.41, 5.74) is 2.25. The molecular formula is C24H26N2O3. The number of nitrogens with one attached hydrogen (secondary N) is 1. The van der Waals surface area contributed by atoms with Crippen LogP contribution in [0.25, 0.3) is 10.8 Å². The van der Waals surface area contributed by atoms with E-state index in [0.717, 1.165) is 48.4 Å². The first-order valence-corrected chi connectivity index (χ1v) is 10.0. The van der Waals surface area contributed by atoms with Crippen LogP contribution in [-0.4, -0.2) is 38.3 Å². The molecule has 3 aromatic rings. The number of benzene rings is 3. The molecule has 1 saturated heterocycles. The van der Waals surface area contributed by atoms with Crippen LogP contribution in [0.15, 0.2) is 66.7 Å². The molecule has 1 aliphatic rings. The number of carbonyl (C=O) groups is 1. The molecule has 1 aliphatic heterocycles. The van der Waals surface area contributed by atoms with Crippen LogP contribution in [-0.2, 0) is 16.1 Å². The van der Waals surface area contributed by atoms with Crippen LogP contribution in [0.2, 0.25) is 0 Å². The average Bonchev–Trinajstić information content (AvgIpc) is 2.78. The summed E-state index contributed by atoms with van der Waals surface area (Å²) in [6.45, 7) is 5.63. The molecule has 4 rings (SSSR count). The number of morpholine rings is 1. The summed E-state index contributed by atoms with van der Waals surface area (Å²) in [6.07, 6.45) is -0.576. The number of fused-ring (bicyclic) bond motifs is 1. The summed E-state index contributed by atoms with van der Waals surface area (Å²) in [5.74, 6) is 0.593. The van der Waals surface area contributed by atoms with E-state index in [4.69, 9.17) is 9.47 Å². The Hall–Kier alpha value is -3.05. The van der Waals surface area contributed by atoms with E-state index in [1.807, 2.05) is 42.5 Å². The number of nitrogens with zero attached hydrogens (tertiary/aromatic N) is 1. The van der Waals surface area contributed by atoms with Gasteiger partial charge < -0.3 is 19.7 Å². The average molecular weight is 390 g/mol. The van der Waals surface area contributed by atoms with E-state index in [0.29, 0.717) is 6.54 Å². The first-order valence-electron chi connectivity index (χ1n) is 10.0. The van der Waals surface area contributed by atoms with Gasteiger partial charge in [-0.05, 0) is 36.1 Å². The molecule has 1 atom stereocenters. The maximum absolute atomic E-state index is 12.5. The molecular weight excluding hydrogens is 364 g/mol. The lowest BCUT2D eigenvalue weighted by molar-refractivity contribution is -0.127. The molecule has 0 unspecified atom stereocenters. The van der Waals surface area contributed by atoms with Gasteiger partial charge in [0, 0.05) is 30.7 Å². The number of hydrogen-bond acceptors (Lipinski definition) is 4. The summed E-state index contributed by atoms with van der Waals surface area (Å²) in [6, 6.07) is 22.2. The number of amides is 1. The number of carbonyl (C=O) groups excluding carboxylic acids is 1. The fourth-order valence-electron chi connectivity index (χ4n) is 3.52. The lowest BCUT2D eigenvalue weighted by Gasteiger charge is -2.28. The molecule has 150 valence electrons. The van der Waals surface area contributed by atoms with Crippen molar-refractivity contribution < 1.29 is 14.3 Å². The minimum atomic E-state index is -0.576. The van der Waals surface area contributed by atoms with E-state index in [-0.39, 0.29) is 5.91 Å². The third-order valence-corrected chi connectivity index (χ3v) is 5.20. The van der Waals surface area contributed by atoms with Gasteiger partial charge in [-0.15, -0.1) is 0 Å². The highest BCUT2D eigenvalue weighted by atomic mass is 16.5. The van der Waals surface area contributed by atoms with Gasteiger partial charge in [0.25, 0.3) is 5.91 Å². The normalized spacial score (nSPS) is 15.1. The van der Waals surface area contributed by atoms with E-state index in [1.54, 1.807) is 6.92 Å². The van der Waals surface area contributed by atoms with Gasteiger partial charge >= 0.3 is 0 Å². The zero-order valence-corrected chi connectivity index (χ0v) is 16.6. The van der Waals surface area contributed by atoms with Crippen LogP contribution < -0.4 is 15.0 Å². The van der Waals surface area contributed by atoms with Gasteiger partial charge in [0.05, 0.1) is 13.2 Å². The third-order valence-electron chi connectivity index (χ3n) is 5.20. The van der Waals surface area contributed by atoms with Crippen LogP contribution in [0, 0.1) is 0 Å². The van der Waals surface area contributed by atoms with Crippen LogP contribution in [0.4, 0.5) is 5.69 Å². The Balaban J connectivity index is 1.33. The molecule has 5 nitrogen and oxygen atoms in total. The van der Waals surface area contributed by atoms with E-state index >= 15 is 0 Å². The second kappa shape index (κ2) is 8.97. The molecule has 3 aromatic carbocycles. The standard InChI is InChI=1S/C24H26N2O3/c1-18(29-23-8-4-6-20-5-2-3-7-22(20)23)24(27)25-17-19-9-11-21(12-10-19)26-13-15-28-16-14-26/h2-12,18H,13-17H2,1H3,(H,25,27)/t18-/m0/s1. The van der Waals surface area contributed by atoms with Crippen molar-refractivity contribution >= 4 is 22.4 Å². The molecule has 0 saturated carbocycles. The molecule has 1 heterocycles. The van der Waals surface area contributed by atoms with Crippen molar-refractivity contribution in [3.63, 3.8) is 0 Å². The number of ether oxygens (including phenoxy) is 2. The highest BCUT2D eigenvalue weighted by molar-refractivity contribution is 5.89. The number of anilines is 1. The van der Waals surface area contributed by atoms with Crippen LogP contribution >= 0.6 is 0 Å². The molecule has 0 radical (unpaired) electrons. The maximum atomic E-state index is 12.5. The van der Waals surface area contributed by atoms with Gasteiger partial charge in [-0.1, -0.05) is 48.5 Å². The van der Waals surface area contributed by atoms with Crippen molar-refractivity contribution in [3.05, 3.63) is 72.3 Å². The Morgan fingerprint density at radius 3 is 2.55 bits per heavy atom. The van der Waals surface area contributed by atoms with Gasteiger partial charge in [0.15, 0.2) is 6.10 Å². The van der Waals surface area contributed by atoms with Gasteiger partial charge in [-0.2, -0.15) is 0 Å². The Labute approximate surface area is 171 Å². The first-order chi connectivity index (χ1) is 14.2. The molecule has 0 bridgehead atoms. The van der Waals surface area contributed by atoms with Crippen molar-refractivity contribution in [2.75, 3.05) is 31.2 Å². The van der Waals surface area contributed by atoms with Crippen molar-refractivity contribution in [1.29, 1.82) is 0 Å². The third kappa shape index (κ3) is 4.69. The van der Waals surface area contributed by atoms with E-state index in [9.17, 15) is 4.79 Å². The highest BCUT2D eigenvalue weighted by Gasteiger charge is 2.16. The predicted molar refractivity (Wildman–Crippen MR) is 115 cm³/mol. The molecule has 1 N–H and O–H groups in total. The summed E-state index contributed by atoms with van der Waals surface area (Å²) in [4.78, 5) is 14.8. The Morgan fingerprint density at radius 1 is 1.03 bits per heavy atom. The summed E-state index contributed by atoms with van der Waals surface area (Å²) in [5, 5.41) is 5.07. The largest absolute Gasteiger partial charge is 0.480 e. The van der Waals surface area contributed by atoms with Gasteiger partial charge in [0.2, 0.25) is 0 Å². The predicted octanol–water partition coefficient (Wildman–Crippen LogP) is 3.76. The summed E-state index contributed by atoms with van der Waals surface area (Å²) < 4.78 is 11.3. The van der Waals surface area contributed by atoms with E-state index in [1.165, 1.54) is 5.69 Å².